The lowest BCUT2D eigenvalue weighted by molar-refractivity contribution is 0.477. The van der Waals surface area contributed by atoms with Crippen molar-refractivity contribution in [3.63, 3.8) is 0 Å². The average molecular weight is 744 g/mol. The number of hydrogen-bond donors (Lipinski definition) is 0. The number of aromatic nitrogens is 1. The zero-order chi connectivity index (χ0) is 38.2. The third-order valence-electron chi connectivity index (χ3n) is 11.4. The second-order valence-corrected chi connectivity index (χ2v) is 14.7. The summed E-state index contributed by atoms with van der Waals surface area (Å²) in [5.41, 5.74) is 11.5. The predicted molar refractivity (Wildman–Crippen MR) is 237 cm³/mol. The van der Waals surface area contributed by atoms with E-state index in [9.17, 15) is 0 Å². The number of benzene rings is 9. The van der Waals surface area contributed by atoms with Gasteiger partial charge in [0.25, 0.3) is 0 Å². The molecule has 0 unspecified atom stereocenters. The largest absolute Gasteiger partial charge is 0.453 e. The molecule has 9 aromatic carbocycles. The molecule has 1 aromatic heterocycles. The van der Waals surface area contributed by atoms with Crippen molar-refractivity contribution in [1.29, 1.82) is 0 Å². The molecule has 0 saturated carbocycles. The minimum Gasteiger partial charge on any atom is -0.453 e. The lowest BCUT2D eigenvalue weighted by Crippen LogP contribution is -2.15. The highest BCUT2D eigenvalue weighted by Gasteiger charge is 2.29. The van der Waals surface area contributed by atoms with Gasteiger partial charge in [0.05, 0.1) is 28.3 Å². The maximum Gasteiger partial charge on any atom is 0.151 e. The van der Waals surface area contributed by atoms with Crippen LogP contribution in [0.5, 0.6) is 23.0 Å². The van der Waals surface area contributed by atoms with Crippen molar-refractivity contribution in [2.45, 2.75) is 0 Å². The molecule has 0 spiro atoms. The molecule has 0 bridgehead atoms. The van der Waals surface area contributed by atoms with Crippen LogP contribution in [0.1, 0.15) is 0 Å². The highest BCUT2D eigenvalue weighted by molar-refractivity contribution is 6.27. The first-order valence-corrected chi connectivity index (χ1v) is 19.5. The fourth-order valence-electron chi connectivity index (χ4n) is 8.94. The Kier molecular flexibility index (Phi) is 7.16. The van der Waals surface area contributed by atoms with Crippen LogP contribution < -0.4 is 19.3 Å². The first kappa shape index (κ1) is 32.4. The normalized spacial score (nSPS) is 12.7. The molecular formula is C53H33N3O2. The van der Waals surface area contributed by atoms with Crippen LogP contribution in [0.25, 0.3) is 54.7 Å². The number of hydrogen-bond acceptors (Lipinski definition) is 5. The van der Waals surface area contributed by atoms with E-state index >= 15 is 0 Å². The number of ether oxygens (including phenoxy) is 2. The minimum atomic E-state index is 0.806. The van der Waals surface area contributed by atoms with Crippen LogP contribution >= 0.6 is 0 Å². The highest BCUT2D eigenvalue weighted by atomic mass is 16.5. The second kappa shape index (κ2) is 12.8. The molecule has 0 radical (unpaired) electrons. The van der Waals surface area contributed by atoms with E-state index in [-0.39, 0.29) is 0 Å². The summed E-state index contributed by atoms with van der Waals surface area (Å²) in [7, 11) is 0. The topological polar surface area (TPSA) is 37.8 Å². The Hall–Kier alpha value is -7.89. The molecule has 0 amide bonds. The molecule has 12 rings (SSSR count). The van der Waals surface area contributed by atoms with E-state index in [0.717, 1.165) is 112 Å². The number of fused-ring (bicyclic) bond motifs is 8. The summed E-state index contributed by atoms with van der Waals surface area (Å²) in [5.74, 6) is 3.27. The third kappa shape index (κ3) is 4.93. The summed E-state index contributed by atoms with van der Waals surface area (Å²) >= 11 is 0. The molecule has 272 valence electrons. The zero-order valence-electron chi connectivity index (χ0n) is 31.2. The van der Waals surface area contributed by atoms with Gasteiger partial charge in [-0.1, -0.05) is 115 Å². The Morgan fingerprint density at radius 3 is 1.38 bits per heavy atom. The number of anilines is 6. The van der Waals surface area contributed by atoms with E-state index in [0.29, 0.717) is 0 Å². The monoisotopic (exact) mass is 743 g/mol. The van der Waals surface area contributed by atoms with Crippen molar-refractivity contribution in [3.8, 4) is 45.3 Å². The molecule has 0 saturated heterocycles. The fraction of sp³-hybridized carbons (Fsp3) is 0. The van der Waals surface area contributed by atoms with Gasteiger partial charge in [0.15, 0.2) is 23.0 Å². The molecule has 0 atom stereocenters. The Labute approximate surface area is 335 Å². The van der Waals surface area contributed by atoms with E-state index in [2.05, 4.69) is 186 Å². The third-order valence-corrected chi connectivity index (χ3v) is 11.4. The maximum absolute atomic E-state index is 6.58. The lowest BCUT2D eigenvalue weighted by Gasteiger charge is -2.33. The highest BCUT2D eigenvalue weighted by Crippen LogP contribution is 2.55. The SMILES string of the molecule is c1ccc(N2c3ccccc3Oc3ccc(-c4c5ccccc5c(-c5ccc6c(c5)N(c5ccccc5)c5ccccc5O6)c5c4cnc4ccccc45)cc32)cc1. The number of pyridine rings is 1. The Balaban J connectivity index is 1.13. The standard InChI is InChI=1S/C53H33N3O2/c1-3-15-36(16-4-1)55-43-23-11-13-25-47(43)57-49-29-27-34(31-45(49)55)51-38-19-7-8-20-39(38)52(53-40-21-9-10-22-42(40)54-33-41(51)53)35-28-30-50-46(32-35)56(37-17-5-2-6-18-37)44-24-12-14-26-48(44)58-50/h1-33H. The van der Waals surface area contributed by atoms with Crippen molar-refractivity contribution in [1.82, 2.24) is 4.98 Å². The van der Waals surface area contributed by atoms with Gasteiger partial charge in [0, 0.05) is 33.7 Å². The van der Waals surface area contributed by atoms with Crippen LogP contribution in [0.3, 0.4) is 0 Å². The van der Waals surface area contributed by atoms with E-state index in [1.807, 2.05) is 24.3 Å². The number of nitrogens with zero attached hydrogens (tertiary/aromatic N) is 3. The van der Waals surface area contributed by atoms with Crippen LogP contribution in [0.2, 0.25) is 0 Å². The average Bonchev–Trinajstić information content (AvgIpc) is 3.29. The first-order chi connectivity index (χ1) is 28.8. The van der Waals surface area contributed by atoms with Gasteiger partial charge in [0.2, 0.25) is 0 Å². The minimum absolute atomic E-state index is 0.806. The summed E-state index contributed by atoms with van der Waals surface area (Å²) in [6, 6.07) is 68.0. The molecule has 0 N–H and O–H groups in total. The molecule has 0 fully saturated rings. The van der Waals surface area contributed by atoms with Crippen molar-refractivity contribution in [2.24, 2.45) is 0 Å². The first-order valence-electron chi connectivity index (χ1n) is 19.5. The zero-order valence-corrected chi connectivity index (χ0v) is 31.2. The van der Waals surface area contributed by atoms with Crippen LogP contribution in [-0.4, -0.2) is 4.98 Å². The van der Waals surface area contributed by atoms with Crippen molar-refractivity contribution in [3.05, 3.63) is 200 Å². The van der Waals surface area contributed by atoms with E-state index < -0.39 is 0 Å². The van der Waals surface area contributed by atoms with Gasteiger partial charge in [-0.05, 0) is 112 Å². The lowest BCUT2D eigenvalue weighted by atomic mass is 9.85. The molecule has 5 nitrogen and oxygen atoms in total. The van der Waals surface area contributed by atoms with Gasteiger partial charge in [-0.25, -0.2) is 0 Å². The molecule has 2 aliphatic rings. The van der Waals surface area contributed by atoms with Crippen LogP contribution in [-0.2, 0) is 0 Å². The summed E-state index contributed by atoms with van der Waals surface area (Å²) < 4.78 is 13.2. The van der Waals surface area contributed by atoms with Crippen molar-refractivity contribution >= 4 is 66.6 Å². The molecule has 10 aromatic rings. The Morgan fingerprint density at radius 2 is 0.793 bits per heavy atom. The quantitative estimate of drug-likeness (QED) is 0.133. The molecule has 3 heterocycles. The summed E-state index contributed by atoms with van der Waals surface area (Å²) in [4.78, 5) is 9.71. The molecule has 58 heavy (non-hydrogen) atoms. The fourth-order valence-corrected chi connectivity index (χ4v) is 8.94. The van der Waals surface area contributed by atoms with Gasteiger partial charge in [-0.3, -0.25) is 4.98 Å². The summed E-state index contributed by atoms with van der Waals surface area (Å²) in [6.45, 7) is 0. The van der Waals surface area contributed by atoms with Gasteiger partial charge in [-0.15, -0.1) is 0 Å². The second-order valence-electron chi connectivity index (χ2n) is 14.7. The van der Waals surface area contributed by atoms with Gasteiger partial charge >= 0.3 is 0 Å². The van der Waals surface area contributed by atoms with Crippen LogP contribution in [0.15, 0.2) is 200 Å². The van der Waals surface area contributed by atoms with Crippen molar-refractivity contribution < 1.29 is 9.47 Å². The molecule has 5 heteroatoms. The van der Waals surface area contributed by atoms with Crippen molar-refractivity contribution in [2.75, 3.05) is 9.80 Å². The van der Waals surface area contributed by atoms with Gasteiger partial charge in [-0.2, -0.15) is 0 Å². The Morgan fingerprint density at radius 1 is 0.345 bits per heavy atom. The van der Waals surface area contributed by atoms with E-state index in [1.54, 1.807) is 0 Å². The smallest absolute Gasteiger partial charge is 0.151 e. The number of rotatable bonds is 4. The molecule has 0 aliphatic carbocycles. The van der Waals surface area contributed by atoms with Crippen LogP contribution in [0.4, 0.5) is 34.1 Å². The maximum atomic E-state index is 6.58. The Bertz CT molecular complexity index is 3250. The molecule has 2 aliphatic heterocycles. The summed E-state index contributed by atoms with van der Waals surface area (Å²) in [5, 5.41) is 5.63. The molecular weight excluding hydrogens is 711 g/mol. The van der Waals surface area contributed by atoms with E-state index in [1.165, 1.54) is 0 Å². The van der Waals surface area contributed by atoms with E-state index in [4.69, 9.17) is 14.5 Å². The number of para-hydroxylation sites is 7. The van der Waals surface area contributed by atoms with Gasteiger partial charge < -0.3 is 19.3 Å². The van der Waals surface area contributed by atoms with Crippen LogP contribution in [0, 0.1) is 0 Å². The summed E-state index contributed by atoms with van der Waals surface area (Å²) in [6.07, 6.45) is 2.07. The predicted octanol–water partition coefficient (Wildman–Crippen LogP) is 15.0. The van der Waals surface area contributed by atoms with Gasteiger partial charge in [0.1, 0.15) is 0 Å².